The highest BCUT2D eigenvalue weighted by molar-refractivity contribution is 7.89. The molecule has 0 saturated heterocycles. The second kappa shape index (κ2) is 6.80. The minimum Gasteiger partial charge on any atom is -0.396 e. The Morgan fingerprint density at radius 2 is 1.86 bits per heavy atom. The fourth-order valence-electron chi connectivity index (χ4n) is 1.97. The van der Waals surface area contributed by atoms with Crippen molar-refractivity contribution in [2.75, 3.05) is 13.7 Å². The Balaban J connectivity index is 2.16. The lowest BCUT2D eigenvalue weighted by atomic mass is 10.2. The topological polar surface area (TPSA) is 70.5 Å². The van der Waals surface area contributed by atoms with E-state index in [1.807, 2.05) is 6.07 Å². The highest BCUT2D eigenvalue weighted by Gasteiger charge is 2.20. The molecule has 1 aromatic heterocycles. The molecule has 2 aromatic rings. The molecule has 1 aromatic carbocycles. The van der Waals surface area contributed by atoms with Gasteiger partial charge in [0, 0.05) is 32.6 Å². The summed E-state index contributed by atoms with van der Waals surface area (Å²) in [6, 6.07) is 10.2. The molecule has 2 rings (SSSR count). The largest absolute Gasteiger partial charge is 0.396 e. The molecule has 0 fully saturated rings. The van der Waals surface area contributed by atoms with Crippen LogP contribution in [0.25, 0.3) is 0 Å². The summed E-state index contributed by atoms with van der Waals surface area (Å²) in [6.45, 7) is 0.321. The van der Waals surface area contributed by atoms with E-state index in [1.165, 1.54) is 4.31 Å². The van der Waals surface area contributed by atoms with Gasteiger partial charge in [-0.1, -0.05) is 18.2 Å². The minimum absolute atomic E-state index is 0.0486. The van der Waals surface area contributed by atoms with Crippen molar-refractivity contribution < 1.29 is 13.5 Å². The van der Waals surface area contributed by atoms with Crippen molar-refractivity contribution in [2.45, 2.75) is 17.9 Å². The van der Waals surface area contributed by atoms with Crippen molar-refractivity contribution in [1.82, 2.24) is 9.29 Å². The summed E-state index contributed by atoms with van der Waals surface area (Å²) in [4.78, 5) is 4.23. The SMILES string of the molecule is CN(Cc1cccnc1)S(=O)(=O)c1ccc(CCO)cc1. The highest BCUT2D eigenvalue weighted by Crippen LogP contribution is 2.17. The van der Waals surface area contributed by atoms with Gasteiger partial charge in [0.1, 0.15) is 0 Å². The first-order valence-corrected chi connectivity index (χ1v) is 8.03. The molecule has 0 spiro atoms. The number of aliphatic hydroxyl groups is 1. The van der Waals surface area contributed by atoms with Gasteiger partial charge in [-0.2, -0.15) is 4.31 Å². The maximum Gasteiger partial charge on any atom is 0.243 e. The van der Waals surface area contributed by atoms with Crippen LogP contribution >= 0.6 is 0 Å². The van der Waals surface area contributed by atoms with E-state index in [9.17, 15) is 8.42 Å². The Labute approximate surface area is 124 Å². The molecule has 0 saturated carbocycles. The zero-order valence-corrected chi connectivity index (χ0v) is 12.6. The van der Waals surface area contributed by atoms with Gasteiger partial charge in [-0.15, -0.1) is 0 Å². The number of pyridine rings is 1. The summed E-state index contributed by atoms with van der Waals surface area (Å²) in [5.41, 5.74) is 1.74. The van der Waals surface area contributed by atoms with Crippen LogP contribution in [0.2, 0.25) is 0 Å². The molecule has 0 amide bonds. The van der Waals surface area contributed by atoms with Crippen molar-refractivity contribution in [3.63, 3.8) is 0 Å². The number of benzene rings is 1. The molecule has 112 valence electrons. The summed E-state index contributed by atoms with van der Waals surface area (Å²) in [5, 5.41) is 8.87. The van der Waals surface area contributed by atoms with E-state index in [0.29, 0.717) is 6.42 Å². The molecule has 0 unspecified atom stereocenters. The van der Waals surface area contributed by atoms with Crippen LogP contribution in [0, 0.1) is 0 Å². The Morgan fingerprint density at radius 3 is 2.43 bits per heavy atom. The van der Waals surface area contributed by atoms with Crippen LogP contribution in [0.4, 0.5) is 0 Å². The van der Waals surface area contributed by atoms with Crippen molar-refractivity contribution in [1.29, 1.82) is 0 Å². The fourth-order valence-corrected chi connectivity index (χ4v) is 3.13. The molecule has 0 radical (unpaired) electrons. The summed E-state index contributed by atoms with van der Waals surface area (Å²) in [7, 11) is -1.98. The maximum atomic E-state index is 12.5. The van der Waals surface area contributed by atoms with E-state index in [0.717, 1.165) is 11.1 Å². The summed E-state index contributed by atoms with van der Waals surface area (Å²) in [5.74, 6) is 0. The molecular formula is C15H18N2O3S. The minimum atomic E-state index is -3.53. The van der Waals surface area contributed by atoms with Crippen molar-refractivity contribution >= 4 is 10.0 Å². The molecule has 0 bridgehead atoms. The number of aliphatic hydroxyl groups excluding tert-OH is 1. The Kier molecular flexibility index (Phi) is 5.06. The van der Waals surface area contributed by atoms with Gasteiger partial charge in [-0.05, 0) is 35.7 Å². The van der Waals surface area contributed by atoms with Crippen molar-refractivity contribution in [3.05, 3.63) is 59.9 Å². The number of hydrogen-bond acceptors (Lipinski definition) is 4. The predicted octanol–water partition coefficient (Wildman–Crippen LogP) is 1.44. The van der Waals surface area contributed by atoms with Gasteiger partial charge in [-0.3, -0.25) is 4.98 Å². The lowest BCUT2D eigenvalue weighted by Crippen LogP contribution is -2.26. The van der Waals surface area contributed by atoms with Gasteiger partial charge in [0.25, 0.3) is 0 Å². The van der Waals surface area contributed by atoms with E-state index in [4.69, 9.17) is 5.11 Å². The van der Waals surface area contributed by atoms with Crippen LogP contribution in [0.3, 0.4) is 0 Å². The lowest BCUT2D eigenvalue weighted by Gasteiger charge is -2.17. The Hall–Kier alpha value is -1.76. The average Bonchev–Trinajstić information content (AvgIpc) is 2.49. The molecule has 1 heterocycles. The zero-order valence-electron chi connectivity index (χ0n) is 11.8. The third kappa shape index (κ3) is 3.87. The maximum absolute atomic E-state index is 12.5. The highest BCUT2D eigenvalue weighted by atomic mass is 32.2. The molecule has 5 nitrogen and oxygen atoms in total. The predicted molar refractivity (Wildman–Crippen MR) is 80.1 cm³/mol. The third-order valence-corrected chi connectivity index (χ3v) is 4.98. The van der Waals surface area contributed by atoms with E-state index in [2.05, 4.69) is 4.98 Å². The third-order valence-electron chi connectivity index (χ3n) is 3.16. The first-order valence-electron chi connectivity index (χ1n) is 6.59. The van der Waals surface area contributed by atoms with Gasteiger partial charge >= 0.3 is 0 Å². The lowest BCUT2D eigenvalue weighted by molar-refractivity contribution is 0.299. The number of rotatable bonds is 6. The Morgan fingerprint density at radius 1 is 1.14 bits per heavy atom. The number of aromatic nitrogens is 1. The van der Waals surface area contributed by atoms with Crippen molar-refractivity contribution in [3.8, 4) is 0 Å². The molecule has 0 atom stereocenters. The number of nitrogens with zero attached hydrogens (tertiary/aromatic N) is 2. The summed E-state index contributed by atoms with van der Waals surface area (Å²) < 4.78 is 26.2. The van der Waals surface area contributed by atoms with Gasteiger partial charge in [0.05, 0.1) is 4.90 Å². The van der Waals surface area contributed by atoms with Crippen LogP contribution < -0.4 is 0 Å². The van der Waals surface area contributed by atoms with E-state index < -0.39 is 10.0 Å². The first-order chi connectivity index (χ1) is 10.0. The standard InChI is InChI=1S/C15H18N2O3S/c1-17(12-14-3-2-9-16-11-14)21(19,20)15-6-4-13(5-7-15)8-10-18/h2-7,9,11,18H,8,10,12H2,1H3. The van der Waals surface area contributed by atoms with Crippen molar-refractivity contribution in [2.24, 2.45) is 0 Å². The number of hydrogen-bond donors (Lipinski definition) is 1. The van der Waals surface area contributed by atoms with Gasteiger partial charge in [0.15, 0.2) is 0 Å². The van der Waals surface area contributed by atoms with Gasteiger partial charge in [-0.25, -0.2) is 8.42 Å². The molecule has 6 heteroatoms. The second-order valence-electron chi connectivity index (χ2n) is 4.74. The molecule has 1 N–H and O–H groups in total. The normalized spacial score (nSPS) is 11.8. The molecular weight excluding hydrogens is 288 g/mol. The summed E-state index contributed by atoms with van der Waals surface area (Å²) >= 11 is 0. The fraction of sp³-hybridized carbons (Fsp3) is 0.267. The number of sulfonamides is 1. The molecule has 21 heavy (non-hydrogen) atoms. The molecule has 0 aliphatic carbocycles. The molecule has 0 aliphatic rings. The van der Waals surface area contributed by atoms with Crippen LogP contribution in [-0.2, 0) is 23.0 Å². The first kappa shape index (κ1) is 15.6. The monoisotopic (exact) mass is 306 g/mol. The second-order valence-corrected chi connectivity index (χ2v) is 6.78. The van der Waals surface area contributed by atoms with Crippen LogP contribution in [-0.4, -0.2) is 36.5 Å². The van der Waals surface area contributed by atoms with E-state index >= 15 is 0 Å². The van der Waals surface area contributed by atoms with E-state index in [1.54, 1.807) is 49.8 Å². The van der Waals surface area contributed by atoms with Gasteiger partial charge in [0.2, 0.25) is 10.0 Å². The van der Waals surface area contributed by atoms with Crippen LogP contribution in [0.1, 0.15) is 11.1 Å². The zero-order chi connectivity index (χ0) is 15.3. The van der Waals surface area contributed by atoms with Gasteiger partial charge < -0.3 is 5.11 Å². The summed E-state index contributed by atoms with van der Waals surface area (Å²) in [6.07, 6.45) is 3.82. The molecule has 0 aliphatic heterocycles. The quantitative estimate of drug-likeness (QED) is 0.876. The smallest absolute Gasteiger partial charge is 0.243 e. The van der Waals surface area contributed by atoms with Crippen LogP contribution in [0.5, 0.6) is 0 Å². The average molecular weight is 306 g/mol. The van der Waals surface area contributed by atoms with E-state index in [-0.39, 0.29) is 18.0 Å². The Bertz CT molecular complexity index is 670. The van der Waals surface area contributed by atoms with Crippen LogP contribution in [0.15, 0.2) is 53.7 Å².